The number of carbonyl (C=O) groups is 1. The summed E-state index contributed by atoms with van der Waals surface area (Å²) in [6.45, 7) is 4.61. The summed E-state index contributed by atoms with van der Waals surface area (Å²) in [7, 11) is 3.78. The largest absolute Gasteiger partial charge is 0.371 e. The molecule has 0 radical (unpaired) electrons. The van der Waals surface area contributed by atoms with Crippen molar-refractivity contribution < 1.29 is 9.53 Å². The van der Waals surface area contributed by atoms with Gasteiger partial charge in [-0.2, -0.15) is 5.10 Å². The number of aryl methyl sites for hydroxylation is 3. The molecule has 1 N–H and O–H groups in total. The predicted octanol–water partition coefficient (Wildman–Crippen LogP) is 1.58. The number of fused-ring (bicyclic) bond motifs is 1. The van der Waals surface area contributed by atoms with Gasteiger partial charge in [-0.15, -0.1) is 0 Å². The summed E-state index contributed by atoms with van der Waals surface area (Å²) < 4.78 is 9.61. The number of hydrogen-bond acceptors (Lipinski definition) is 5. The van der Waals surface area contributed by atoms with Crippen molar-refractivity contribution in [3.63, 3.8) is 0 Å². The molecule has 1 fully saturated rings. The fourth-order valence-corrected chi connectivity index (χ4v) is 3.68. The van der Waals surface area contributed by atoms with Crippen LogP contribution in [0.5, 0.6) is 0 Å². The first-order valence-electron chi connectivity index (χ1n) is 8.66. The Morgan fingerprint density at radius 2 is 2.12 bits per heavy atom. The summed E-state index contributed by atoms with van der Waals surface area (Å²) in [6.07, 6.45) is 3.88. The summed E-state index contributed by atoms with van der Waals surface area (Å²) >= 11 is 0. The molecule has 1 aliphatic rings. The van der Waals surface area contributed by atoms with Gasteiger partial charge in [0.2, 0.25) is 0 Å². The highest BCUT2D eigenvalue weighted by Gasteiger charge is 2.35. The molecule has 136 valence electrons. The van der Waals surface area contributed by atoms with Gasteiger partial charge in [0.1, 0.15) is 11.6 Å². The molecule has 1 aliphatic heterocycles. The first kappa shape index (κ1) is 16.7. The Balaban J connectivity index is 1.62. The molecular weight excluding hydrogens is 332 g/mol. The highest BCUT2D eigenvalue weighted by molar-refractivity contribution is 6.04. The summed E-state index contributed by atoms with van der Waals surface area (Å²) in [5.41, 5.74) is 4.89. The van der Waals surface area contributed by atoms with Gasteiger partial charge in [-0.05, 0) is 26.3 Å². The first-order chi connectivity index (χ1) is 12.5. The van der Waals surface area contributed by atoms with Crippen molar-refractivity contribution in [2.45, 2.75) is 32.4 Å². The Kier molecular flexibility index (Phi) is 3.99. The molecule has 2 atom stereocenters. The minimum atomic E-state index is -0.186. The number of rotatable bonds is 3. The Morgan fingerprint density at radius 3 is 2.85 bits per heavy atom. The fourth-order valence-electron chi connectivity index (χ4n) is 3.68. The quantitative estimate of drug-likeness (QED) is 0.772. The Morgan fingerprint density at radius 1 is 1.31 bits per heavy atom. The smallest absolute Gasteiger partial charge is 0.253 e. The van der Waals surface area contributed by atoms with Crippen LogP contribution in [0, 0.1) is 13.8 Å². The van der Waals surface area contributed by atoms with Gasteiger partial charge in [0.25, 0.3) is 5.91 Å². The summed E-state index contributed by atoms with van der Waals surface area (Å²) in [5, 5.41) is 7.60. The third-order valence-electron chi connectivity index (χ3n) is 5.10. The lowest BCUT2D eigenvalue weighted by molar-refractivity contribution is 0.0818. The average Bonchev–Trinajstić information content (AvgIpc) is 3.28. The third kappa shape index (κ3) is 2.57. The minimum Gasteiger partial charge on any atom is -0.371 e. The van der Waals surface area contributed by atoms with Crippen molar-refractivity contribution in [2.24, 2.45) is 14.1 Å². The van der Waals surface area contributed by atoms with Crippen molar-refractivity contribution >= 4 is 17.1 Å². The van der Waals surface area contributed by atoms with Crippen molar-refractivity contribution in [3.05, 3.63) is 41.1 Å². The Labute approximate surface area is 151 Å². The number of ether oxygens (including phenoxy) is 1. The molecule has 1 amide bonds. The second-order valence-corrected chi connectivity index (χ2v) is 6.75. The lowest BCUT2D eigenvalue weighted by atomic mass is 10.00. The third-order valence-corrected chi connectivity index (χ3v) is 5.10. The van der Waals surface area contributed by atoms with Crippen LogP contribution < -0.4 is 5.32 Å². The Bertz CT molecular complexity index is 989. The number of amides is 1. The topological polar surface area (TPSA) is 86.9 Å². The molecule has 3 aromatic heterocycles. The molecule has 8 nitrogen and oxygen atoms in total. The predicted molar refractivity (Wildman–Crippen MR) is 95.8 cm³/mol. The fraction of sp³-hybridized carbons (Fsp3) is 0.444. The van der Waals surface area contributed by atoms with Gasteiger partial charge >= 0.3 is 0 Å². The van der Waals surface area contributed by atoms with E-state index in [0.29, 0.717) is 23.3 Å². The highest BCUT2D eigenvalue weighted by Crippen LogP contribution is 2.33. The van der Waals surface area contributed by atoms with E-state index in [1.54, 1.807) is 23.2 Å². The van der Waals surface area contributed by atoms with Crippen molar-refractivity contribution in [3.8, 4) is 0 Å². The first-order valence-corrected chi connectivity index (χ1v) is 8.66. The average molecular weight is 354 g/mol. The van der Waals surface area contributed by atoms with E-state index in [9.17, 15) is 4.79 Å². The number of aromatic nitrogens is 5. The minimum absolute atomic E-state index is 0.101. The van der Waals surface area contributed by atoms with Crippen molar-refractivity contribution in [1.82, 2.24) is 29.6 Å². The molecule has 4 rings (SSSR count). The molecule has 1 saturated heterocycles. The maximum atomic E-state index is 12.9. The van der Waals surface area contributed by atoms with Crippen molar-refractivity contribution in [1.29, 1.82) is 0 Å². The van der Waals surface area contributed by atoms with Crippen LogP contribution in [-0.4, -0.2) is 42.9 Å². The van der Waals surface area contributed by atoms with Gasteiger partial charge < -0.3 is 14.6 Å². The molecule has 4 heterocycles. The SMILES string of the molecule is Cc1nn(C)c(C)c1[C@H]1OCC[C@@H]1NC(=O)c1ccnc2c1ncn2C. The number of imidazole rings is 1. The van der Waals surface area contributed by atoms with Gasteiger partial charge in [0, 0.05) is 38.2 Å². The Hall–Kier alpha value is -2.74. The van der Waals surface area contributed by atoms with Gasteiger partial charge in [0.05, 0.1) is 23.6 Å². The molecule has 0 saturated carbocycles. The van der Waals surface area contributed by atoms with E-state index in [1.807, 2.05) is 32.6 Å². The van der Waals surface area contributed by atoms with Crippen LogP contribution in [0.25, 0.3) is 11.2 Å². The molecule has 0 unspecified atom stereocenters. The molecule has 0 aliphatic carbocycles. The van der Waals surface area contributed by atoms with E-state index in [-0.39, 0.29) is 18.1 Å². The zero-order chi connectivity index (χ0) is 18.4. The van der Waals surface area contributed by atoms with Crippen molar-refractivity contribution in [2.75, 3.05) is 6.61 Å². The zero-order valence-corrected chi connectivity index (χ0v) is 15.4. The van der Waals surface area contributed by atoms with Gasteiger partial charge in [-0.3, -0.25) is 9.48 Å². The summed E-state index contributed by atoms with van der Waals surface area (Å²) in [4.78, 5) is 21.5. The maximum absolute atomic E-state index is 12.9. The second kappa shape index (κ2) is 6.21. The van der Waals surface area contributed by atoms with E-state index in [2.05, 4.69) is 20.4 Å². The number of hydrogen-bond donors (Lipinski definition) is 1. The lowest BCUT2D eigenvalue weighted by Gasteiger charge is -2.20. The summed E-state index contributed by atoms with van der Waals surface area (Å²) in [6, 6.07) is 1.60. The normalized spacial score (nSPS) is 20.0. The molecular formula is C18H22N6O2. The maximum Gasteiger partial charge on any atom is 0.253 e. The standard InChI is InChI=1S/C18H22N6O2/c1-10-14(11(2)24(4)22-10)16-13(6-8-26-16)21-18(25)12-5-7-19-17-15(12)20-9-23(17)3/h5,7,9,13,16H,6,8H2,1-4H3,(H,21,25)/t13-,16-/m0/s1. The number of pyridine rings is 1. The van der Waals surface area contributed by atoms with E-state index < -0.39 is 0 Å². The van der Waals surface area contributed by atoms with E-state index in [4.69, 9.17) is 4.74 Å². The van der Waals surface area contributed by atoms with Crippen LogP contribution in [0.4, 0.5) is 0 Å². The number of nitrogens with zero attached hydrogens (tertiary/aromatic N) is 5. The van der Waals surface area contributed by atoms with Crippen LogP contribution in [0.1, 0.15) is 39.8 Å². The van der Waals surface area contributed by atoms with Crippen LogP contribution in [0.3, 0.4) is 0 Å². The highest BCUT2D eigenvalue weighted by atomic mass is 16.5. The molecule has 26 heavy (non-hydrogen) atoms. The van der Waals surface area contributed by atoms with Gasteiger partial charge in [-0.1, -0.05) is 0 Å². The van der Waals surface area contributed by atoms with E-state index in [0.717, 1.165) is 23.4 Å². The van der Waals surface area contributed by atoms with Crippen LogP contribution in [0.2, 0.25) is 0 Å². The number of nitrogens with one attached hydrogen (secondary N) is 1. The molecule has 0 bridgehead atoms. The molecule has 8 heteroatoms. The molecule has 0 spiro atoms. The van der Waals surface area contributed by atoms with Gasteiger partial charge in [-0.25, -0.2) is 9.97 Å². The monoisotopic (exact) mass is 354 g/mol. The van der Waals surface area contributed by atoms with Crippen LogP contribution in [0.15, 0.2) is 18.6 Å². The van der Waals surface area contributed by atoms with E-state index in [1.165, 1.54) is 0 Å². The molecule has 0 aromatic carbocycles. The van der Waals surface area contributed by atoms with Gasteiger partial charge in [0.15, 0.2) is 5.65 Å². The second-order valence-electron chi connectivity index (χ2n) is 6.75. The van der Waals surface area contributed by atoms with Crippen LogP contribution in [-0.2, 0) is 18.8 Å². The lowest BCUT2D eigenvalue weighted by Crippen LogP contribution is -2.37. The molecule has 3 aromatic rings. The summed E-state index contributed by atoms with van der Waals surface area (Å²) in [5.74, 6) is -0.157. The zero-order valence-electron chi connectivity index (χ0n) is 15.4. The van der Waals surface area contributed by atoms with Crippen LogP contribution >= 0.6 is 0 Å². The number of carbonyl (C=O) groups excluding carboxylic acids is 1. The van der Waals surface area contributed by atoms with E-state index >= 15 is 0 Å².